The van der Waals surface area contributed by atoms with E-state index in [4.69, 9.17) is 19.2 Å². The Morgan fingerprint density at radius 2 is 2.16 bits per heavy atom. The lowest BCUT2D eigenvalue weighted by molar-refractivity contribution is -0.142. The molecular weight excluding hydrogens is 324 g/mol. The van der Waals surface area contributed by atoms with E-state index in [9.17, 15) is 9.59 Å². The lowest BCUT2D eigenvalue weighted by atomic mass is 10.2. The summed E-state index contributed by atoms with van der Waals surface area (Å²) in [6, 6.07) is 10.2. The van der Waals surface area contributed by atoms with Gasteiger partial charge in [0.1, 0.15) is 23.2 Å². The van der Waals surface area contributed by atoms with Gasteiger partial charge in [-0.05, 0) is 36.8 Å². The number of nitrogens with one attached hydrogen (secondary N) is 1. The van der Waals surface area contributed by atoms with Crippen molar-refractivity contribution in [2.75, 3.05) is 19.0 Å². The zero-order valence-corrected chi connectivity index (χ0v) is 13.7. The molecule has 0 aliphatic rings. The molecule has 0 spiro atoms. The molecule has 0 fully saturated rings. The van der Waals surface area contributed by atoms with Gasteiger partial charge in [0, 0.05) is 6.08 Å². The maximum Gasteiger partial charge on any atom is 0.349 e. The quantitative estimate of drug-likeness (QED) is 0.493. The second-order valence-electron chi connectivity index (χ2n) is 5.01. The van der Waals surface area contributed by atoms with E-state index in [0.717, 1.165) is 5.56 Å². The van der Waals surface area contributed by atoms with Crippen LogP contribution in [0.3, 0.4) is 0 Å². The SMILES string of the molecule is COc1ccc(C)cc1NC(=O)COC(=O)/C(C#N)=C\c1ccco1. The fourth-order valence-corrected chi connectivity index (χ4v) is 1.97. The number of hydrogen-bond donors (Lipinski definition) is 1. The maximum atomic E-state index is 12.0. The second-order valence-corrected chi connectivity index (χ2v) is 5.01. The molecule has 0 bridgehead atoms. The predicted octanol–water partition coefficient (Wildman–Crippen LogP) is 2.69. The Hall–Kier alpha value is -3.53. The minimum absolute atomic E-state index is 0.268. The number of anilines is 1. The summed E-state index contributed by atoms with van der Waals surface area (Å²) in [7, 11) is 1.49. The second kappa shape index (κ2) is 8.36. The van der Waals surface area contributed by atoms with E-state index in [1.54, 1.807) is 30.3 Å². The predicted molar refractivity (Wildman–Crippen MR) is 89.6 cm³/mol. The summed E-state index contributed by atoms with van der Waals surface area (Å²) < 4.78 is 15.0. The van der Waals surface area contributed by atoms with E-state index in [-0.39, 0.29) is 5.57 Å². The topological polar surface area (TPSA) is 102 Å². The summed E-state index contributed by atoms with van der Waals surface area (Å²) in [5.74, 6) is -0.638. The molecule has 1 amide bonds. The van der Waals surface area contributed by atoms with Gasteiger partial charge in [-0.2, -0.15) is 5.26 Å². The lowest BCUT2D eigenvalue weighted by Crippen LogP contribution is -2.21. The zero-order chi connectivity index (χ0) is 18.2. The van der Waals surface area contributed by atoms with Gasteiger partial charge in [-0.3, -0.25) is 4.79 Å². The van der Waals surface area contributed by atoms with E-state index >= 15 is 0 Å². The van der Waals surface area contributed by atoms with Crippen molar-refractivity contribution in [3.8, 4) is 11.8 Å². The highest BCUT2D eigenvalue weighted by atomic mass is 16.5. The third-order valence-electron chi connectivity index (χ3n) is 3.13. The van der Waals surface area contributed by atoms with Gasteiger partial charge in [0.05, 0.1) is 19.1 Å². The third-order valence-corrected chi connectivity index (χ3v) is 3.13. The van der Waals surface area contributed by atoms with Gasteiger partial charge in [-0.1, -0.05) is 6.07 Å². The monoisotopic (exact) mass is 340 g/mol. The van der Waals surface area contributed by atoms with Crippen LogP contribution in [0.15, 0.2) is 46.6 Å². The third kappa shape index (κ3) is 4.97. The van der Waals surface area contributed by atoms with Gasteiger partial charge in [-0.25, -0.2) is 4.79 Å². The van der Waals surface area contributed by atoms with Crippen LogP contribution < -0.4 is 10.1 Å². The van der Waals surface area contributed by atoms with Crippen molar-refractivity contribution in [1.29, 1.82) is 5.26 Å². The van der Waals surface area contributed by atoms with Gasteiger partial charge < -0.3 is 19.2 Å². The molecule has 7 heteroatoms. The van der Waals surface area contributed by atoms with Crippen LogP contribution in [0.5, 0.6) is 5.75 Å². The van der Waals surface area contributed by atoms with Crippen LogP contribution in [0, 0.1) is 18.3 Å². The van der Waals surface area contributed by atoms with Crippen molar-refractivity contribution in [3.05, 3.63) is 53.5 Å². The van der Waals surface area contributed by atoms with E-state index in [2.05, 4.69) is 5.32 Å². The Kier molecular flexibility index (Phi) is 5.96. The number of carbonyl (C=O) groups is 2. The van der Waals surface area contributed by atoms with E-state index < -0.39 is 18.5 Å². The highest BCUT2D eigenvalue weighted by molar-refractivity contribution is 6.00. The summed E-state index contributed by atoms with van der Waals surface area (Å²) in [5, 5.41) is 11.6. The Morgan fingerprint density at radius 3 is 2.80 bits per heavy atom. The summed E-state index contributed by atoms with van der Waals surface area (Å²) >= 11 is 0. The molecule has 1 aromatic heterocycles. The molecule has 0 saturated carbocycles. The summed E-state index contributed by atoms with van der Waals surface area (Å²) in [6.07, 6.45) is 2.65. The van der Waals surface area contributed by atoms with Gasteiger partial charge in [0.2, 0.25) is 0 Å². The lowest BCUT2D eigenvalue weighted by Gasteiger charge is -2.11. The Labute approximate surface area is 144 Å². The standard InChI is InChI=1S/C18H16N2O5/c1-12-5-6-16(23-2)15(8-12)20-17(21)11-25-18(22)13(10-19)9-14-4-3-7-24-14/h3-9H,11H2,1-2H3,(H,20,21)/b13-9-. The van der Waals surface area contributed by atoms with Crippen molar-refractivity contribution < 1.29 is 23.5 Å². The van der Waals surface area contributed by atoms with Crippen LogP contribution in [-0.2, 0) is 14.3 Å². The molecule has 25 heavy (non-hydrogen) atoms. The van der Waals surface area contributed by atoms with Gasteiger partial charge in [0.15, 0.2) is 6.61 Å². The Morgan fingerprint density at radius 1 is 1.36 bits per heavy atom. The minimum atomic E-state index is -0.912. The molecule has 1 N–H and O–H groups in total. The molecule has 0 unspecified atom stereocenters. The Balaban J connectivity index is 1.97. The number of rotatable bonds is 6. The average Bonchev–Trinajstić information content (AvgIpc) is 3.11. The number of amides is 1. The molecule has 0 atom stereocenters. The zero-order valence-electron chi connectivity index (χ0n) is 13.7. The number of aryl methyl sites for hydroxylation is 1. The minimum Gasteiger partial charge on any atom is -0.495 e. The number of ether oxygens (including phenoxy) is 2. The molecule has 1 aromatic carbocycles. The largest absolute Gasteiger partial charge is 0.495 e. The van der Waals surface area contributed by atoms with E-state index in [1.807, 2.05) is 13.0 Å². The first-order valence-corrected chi connectivity index (χ1v) is 7.30. The van der Waals surface area contributed by atoms with E-state index in [0.29, 0.717) is 17.2 Å². The fraction of sp³-hybridized carbons (Fsp3) is 0.167. The van der Waals surface area contributed by atoms with Crippen LogP contribution in [0.1, 0.15) is 11.3 Å². The summed E-state index contributed by atoms with van der Waals surface area (Å²) in [6.45, 7) is 1.33. The molecule has 128 valence electrons. The maximum absolute atomic E-state index is 12.0. The van der Waals surface area contributed by atoms with E-state index in [1.165, 1.54) is 19.4 Å². The number of nitriles is 1. The molecule has 2 rings (SSSR count). The smallest absolute Gasteiger partial charge is 0.349 e. The normalized spacial score (nSPS) is 10.7. The number of esters is 1. The number of furan rings is 1. The van der Waals surface area contributed by atoms with Crippen LogP contribution in [0.2, 0.25) is 0 Å². The van der Waals surface area contributed by atoms with Crippen molar-refractivity contribution in [3.63, 3.8) is 0 Å². The molecule has 2 aromatic rings. The first-order chi connectivity index (χ1) is 12.0. The van der Waals surface area contributed by atoms with Crippen molar-refractivity contribution in [2.24, 2.45) is 0 Å². The number of carbonyl (C=O) groups excluding carboxylic acids is 2. The number of benzene rings is 1. The first-order valence-electron chi connectivity index (χ1n) is 7.30. The average molecular weight is 340 g/mol. The summed E-state index contributed by atoms with van der Waals surface area (Å²) in [4.78, 5) is 23.8. The van der Waals surface area contributed by atoms with Gasteiger partial charge in [0.25, 0.3) is 5.91 Å². The highest BCUT2D eigenvalue weighted by Crippen LogP contribution is 2.25. The van der Waals surface area contributed by atoms with Gasteiger partial charge in [-0.15, -0.1) is 0 Å². The van der Waals surface area contributed by atoms with Crippen molar-refractivity contribution in [2.45, 2.75) is 6.92 Å². The van der Waals surface area contributed by atoms with Crippen LogP contribution in [0.4, 0.5) is 5.69 Å². The summed E-state index contributed by atoms with van der Waals surface area (Å²) in [5.41, 5.74) is 1.13. The fourth-order valence-electron chi connectivity index (χ4n) is 1.97. The molecule has 0 saturated heterocycles. The number of methoxy groups -OCH3 is 1. The molecule has 0 aliphatic heterocycles. The molecular formula is C18H16N2O5. The van der Waals surface area contributed by atoms with Crippen LogP contribution in [-0.4, -0.2) is 25.6 Å². The molecule has 1 heterocycles. The van der Waals surface area contributed by atoms with Gasteiger partial charge >= 0.3 is 5.97 Å². The number of hydrogen-bond acceptors (Lipinski definition) is 6. The molecule has 0 aliphatic carbocycles. The van der Waals surface area contributed by atoms with Crippen LogP contribution >= 0.6 is 0 Å². The Bertz CT molecular complexity index is 832. The molecule has 7 nitrogen and oxygen atoms in total. The highest BCUT2D eigenvalue weighted by Gasteiger charge is 2.15. The first kappa shape index (κ1) is 17.8. The molecule has 0 radical (unpaired) electrons. The van der Waals surface area contributed by atoms with Crippen LogP contribution in [0.25, 0.3) is 6.08 Å². The van der Waals surface area contributed by atoms with Crippen molar-refractivity contribution in [1.82, 2.24) is 0 Å². The van der Waals surface area contributed by atoms with Crippen molar-refractivity contribution >= 4 is 23.6 Å². The number of nitrogens with zero attached hydrogens (tertiary/aromatic N) is 1.